The van der Waals surface area contributed by atoms with E-state index in [-0.39, 0.29) is 23.7 Å². The van der Waals surface area contributed by atoms with Crippen LogP contribution in [0.3, 0.4) is 0 Å². The topological polar surface area (TPSA) is 58.6 Å². The number of nitrogens with zero attached hydrogens (tertiary/aromatic N) is 1. The molecule has 1 heterocycles. The third-order valence-electron chi connectivity index (χ3n) is 5.24. The first-order valence-corrected chi connectivity index (χ1v) is 9.94. The van der Waals surface area contributed by atoms with Gasteiger partial charge in [0.05, 0.1) is 18.4 Å². The summed E-state index contributed by atoms with van der Waals surface area (Å²) in [7, 11) is 1.35. The number of ether oxygens (including phenoxy) is 1. The summed E-state index contributed by atoms with van der Waals surface area (Å²) in [5.74, 6) is -0.613. The van der Waals surface area contributed by atoms with Crippen molar-refractivity contribution in [1.82, 2.24) is 5.32 Å². The first-order valence-electron chi connectivity index (χ1n) is 9.94. The smallest absolute Gasteiger partial charge is 0.337 e. The SMILES string of the molecule is COC(=O)c1ccc(CCC(=O)NC2CCCN(c3cc(C)ccc3F)C2)cc1. The van der Waals surface area contributed by atoms with E-state index in [1.54, 1.807) is 18.2 Å². The van der Waals surface area contributed by atoms with E-state index < -0.39 is 0 Å². The van der Waals surface area contributed by atoms with E-state index in [9.17, 15) is 14.0 Å². The summed E-state index contributed by atoms with van der Waals surface area (Å²) in [5, 5.41) is 3.08. The highest BCUT2D eigenvalue weighted by atomic mass is 19.1. The lowest BCUT2D eigenvalue weighted by Crippen LogP contribution is -2.48. The quantitative estimate of drug-likeness (QED) is 0.755. The lowest BCUT2D eigenvalue weighted by molar-refractivity contribution is -0.121. The molecule has 1 unspecified atom stereocenters. The molecule has 3 rings (SSSR count). The fourth-order valence-electron chi connectivity index (χ4n) is 3.66. The van der Waals surface area contributed by atoms with Crippen LogP contribution in [0.5, 0.6) is 0 Å². The van der Waals surface area contributed by atoms with Crippen LogP contribution >= 0.6 is 0 Å². The number of benzene rings is 2. The molecule has 1 amide bonds. The maximum absolute atomic E-state index is 14.2. The van der Waals surface area contributed by atoms with Crippen LogP contribution in [0.25, 0.3) is 0 Å². The average Bonchev–Trinajstić information content (AvgIpc) is 2.74. The molecule has 0 aromatic heterocycles. The molecule has 0 saturated carbocycles. The minimum Gasteiger partial charge on any atom is -0.465 e. The fraction of sp³-hybridized carbons (Fsp3) is 0.391. The molecule has 5 nitrogen and oxygen atoms in total. The number of methoxy groups -OCH3 is 1. The Balaban J connectivity index is 1.51. The second-order valence-corrected chi connectivity index (χ2v) is 7.50. The molecule has 6 heteroatoms. The summed E-state index contributed by atoms with van der Waals surface area (Å²) in [6.45, 7) is 3.35. The van der Waals surface area contributed by atoms with Crippen molar-refractivity contribution >= 4 is 17.6 Å². The van der Waals surface area contributed by atoms with Crippen molar-refractivity contribution in [3.8, 4) is 0 Å². The highest BCUT2D eigenvalue weighted by Crippen LogP contribution is 2.24. The van der Waals surface area contributed by atoms with Crippen LogP contribution in [0.1, 0.15) is 40.7 Å². The van der Waals surface area contributed by atoms with Gasteiger partial charge in [-0.1, -0.05) is 18.2 Å². The van der Waals surface area contributed by atoms with E-state index in [0.717, 1.165) is 30.5 Å². The van der Waals surface area contributed by atoms with Gasteiger partial charge in [-0.05, 0) is 61.6 Å². The number of esters is 1. The maximum atomic E-state index is 14.2. The van der Waals surface area contributed by atoms with E-state index in [1.807, 2.05) is 30.0 Å². The van der Waals surface area contributed by atoms with Gasteiger partial charge in [-0.2, -0.15) is 0 Å². The van der Waals surface area contributed by atoms with Crippen molar-refractivity contribution in [3.63, 3.8) is 0 Å². The van der Waals surface area contributed by atoms with Gasteiger partial charge in [-0.15, -0.1) is 0 Å². The Kier molecular flexibility index (Phi) is 6.86. The highest BCUT2D eigenvalue weighted by Gasteiger charge is 2.23. The minimum atomic E-state index is -0.374. The number of carbonyl (C=O) groups is 2. The molecular formula is C23H27FN2O3. The van der Waals surface area contributed by atoms with Gasteiger partial charge in [-0.25, -0.2) is 9.18 Å². The maximum Gasteiger partial charge on any atom is 0.337 e. The van der Waals surface area contributed by atoms with Gasteiger partial charge in [0, 0.05) is 25.6 Å². The van der Waals surface area contributed by atoms with E-state index in [1.165, 1.54) is 13.2 Å². The van der Waals surface area contributed by atoms with Gasteiger partial charge in [0.15, 0.2) is 0 Å². The molecule has 0 bridgehead atoms. The molecular weight excluding hydrogens is 371 g/mol. The summed E-state index contributed by atoms with van der Waals surface area (Å²) in [5.41, 5.74) is 3.10. The molecule has 1 N–H and O–H groups in total. The largest absolute Gasteiger partial charge is 0.465 e. The van der Waals surface area contributed by atoms with Crippen LogP contribution < -0.4 is 10.2 Å². The molecule has 29 heavy (non-hydrogen) atoms. The van der Waals surface area contributed by atoms with Crippen molar-refractivity contribution in [2.24, 2.45) is 0 Å². The van der Waals surface area contributed by atoms with E-state index in [0.29, 0.717) is 30.6 Å². The minimum absolute atomic E-state index is 0.0119. The Morgan fingerprint density at radius 2 is 1.97 bits per heavy atom. The van der Waals surface area contributed by atoms with Gasteiger partial charge in [0.1, 0.15) is 5.82 Å². The number of rotatable bonds is 6. The second kappa shape index (κ2) is 9.54. The van der Waals surface area contributed by atoms with Crippen LogP contribution in [0.2, 0.25) is 0 Å². The Morgan fingerprint density at radius 1 is 1.21 bits per heavy atom. The van der Waals surface area contributed by atoms with Crippen LogP contribution in [0.15, 0.2) is 42.5 Å². The van der Waals surface area contributed by atoms with Crippen molar-refractivity contribution in [2.45, 2.75) is 38.6 Å². The summed E-state index contributed by atoms with van der Waals surface area (Å²) < 4.78 is 18.9. The van der Waals surface area contributed by atoms with Crippen molar-refractivity contribution in [1.29, 1.82) is 0 Å². The van der Waals surface area contributed by atoms with Crippen molar-refractivity contribution < 1.29 is 18.7 Å². The second-order valence-electron chi connectivity index (χ2n) is 7.50. The zero-order valence-corrected chi connectivity index (χ0v) is 16.9. The van der Waals surface area contributed by atoms with E-state index >= 15 is 0 Å². The summed E-state index contributed by atoms with van der Waals surface area (Å²) in [4.78, 5) is 25.9. The van der Waals surface area contributed by atoms with Gasteiger partial charge in [0.2, 0.25) is 5.91 Å². The first-order chi connectivity index (χ1) is 14.0. The number of aryl methyl sites for hydroxylation is 2. The van der Waals surface area contributed by atoms with Crippen molar-refractivity contribution in [2.75, 3.05) is 25.1 Å². The summed E-state index contributed by atoms with van der Waals surface area (Å²) in [6.07, 6.45) is 2.76. The molecule has 0 spiro atoms. The Bertz CT molecular complexity index is 867. The number of carbonyl (C=O) groups excluding carboxylic acids is 2. The molecule has 1 saturated heterocycles. The predicted molar refractivity (Wildman–Crippen MR) is 111 cm³/mol. The summed E-state index contributed by atoms with van der Waals surface area (Å²) in [6, 6.07) is 12.2. The molecule has 1 aliphatic heterocycles. The zero-order chi connectivity index (χ0) is 20.8. The number of hydrogen-bond donors (Lipinski definition) is 1. The number of hydrogen-bond acceptors (Lipinski definition) is 4. The van der Waals surface area contributed by atoms with Gasteiger partial charge < -0.3 is 15.0 Å². The highest BCUT2D eigenvalue weighted by molar-refractivity contribution is 5.89. The van der Waals surface area contributed by atoms with Crippen LogP contribution in [-0.2, 0) is 16.0 Å². The lowest BCUT2D eigenvalue weighted by Gasteiger charge is -2.35. The molecule has 1 atom stereocenters. The van der Waals surface area contributed by atoms with Crippen LogP contribution in [-0.4, -0.2) is 38.1 Å². The van der Waals surface area contributed by atoms with E-state index in [4.69, 9.17) is 0 Å². The first kappa shape index (κ1) is 20.8. The molecule has 0 radical (unpaired) electrons. The molecule has 1 aliphatic rings. The number of halogens is 1. The molecule has 1 fully saturated rings. The van der Waals surface area contributed by atoms with E-state index in [2.05, 4.69) is 10.1 Å². The van der Waals surface area contributed by atoms with Gasteiger partial charge in [-0.3, -0.25) is 4.79 Å². The summed E-state index contributed by atoms with van der Waals surface area (Å²) >= 11 is 0. The van der Waals surface area contributed by atoms with Gasteiger partial charge >= 0.3 is 5.97 Å². The Labute approximate surface area is 170 Å². The Morgan fingerprint density at radius 3 is 2.69 bits per heavy atom. The van der Waals surface area contributed by atoms with Gasteiger partial charge in [0.25, 0.3) is 0 Å². The number of amides is 1. The zero-order valence-electron chi connectivity index (χ0n) is 16.9. The predicted octanol–water partition coefficient (Wildman–Crippen LogP) is 3.64. The number of piperidine rings is 1. The monoisotopic (exact) mass is 398 g/mol. The lowest BCUT2D eigenvalue weighted by atomic mass is 10.0. The number of anilines is 1. The molecule has 2 aromatic rings. The third-order valence-corrected chi connectivity index (χ3v) is 5.24. The molecule has 154 valence electrons. The standard InChI is InChI=1S/C23H27FN2O3/c1-16-5-11-20(24)21(14-16)26-13-3-4-19(15-26)25-22(27)12-8-17-6-9-18(10-7-17)23(28)29-2/h5-7,9-11,14,19H,3-4,8,12-13,15H2,1-2H3,(H,25,27). The third kappa shape index (κ3) is 5.56. The average molecular weight is 398 g/mol. The normalized spacial score (nSPS) is 16.4. The van der Waals surface area contributed by atoms with Crippen molar-refractivity contribution in [3.05, 3.63) is 65.0 Å². The number of nitrogens with one attached hydrogen (secondary N) is 1. The van der Waals surface area contributed by atoms with Crippen LogP contribution in [0.4, 0.5) is 10.1 Å². The molecule has 2 aromatic carbocycles. The Hall–Kier alpha value is -2.89. The molecule has 0 aliphatic carbocycles. The fourth-order valence-corrected chi connectivity index (χ4v) is 3.66. The van der Waals surface area contributed by atoms with Crippen LogP contribution in [0, 0.1) is 12.7 Å².